The second-order valence-electron chi connectivity index (χ2n) is 8.28. The fourth-order valence-corrected chi connectivity index (χ4v) is 6.42. The predicted molar refractivity (Wildman–Crippen MR) is 140 cm³/mol. The average Bonchev–Trinajstić information content (AvgIpc) is 2.86. The van der Waals surface area contributed by atoms with E-state index in [9.17, 15) is 13.2 Å². The first-order valence-electron chi connectivity index (χ1n) is 11.6. The molecule has 0 fully saturated rings. The number of hydrogen-bond donors (Lipinski definition) is 1. The van der Waals surface area contributed by atoms with Crippen LogP contribution in [0.25, 0.3) is 0 Å². The second-order valence-corrected chi connectivity index (χ2v) is 11.5. The molecular weight excluding hydrogens is 551 g/mol. The number of para-hydroxylation sites is 1. The van der Waals surface area contributed by atoms with Crippen molar-refractivity contribution >= 4 is 44.3 Å². The van der Waals surface area contributed by atoms with Gasteiger partial charge in [-0.15, -0.1) is 0 Å². The van der Waals surface area contributed by atoms with Crippen LogP contribution in [0.3, 0.4) is 0 Å². The molecular formula is C25H33IN2O4S. The van der Waals surface area contributed by atoms with Gasteiger partial charge in [0.15, 0.2) is 0 Å². The molecule has 0 amide bonds. The Kier molecular flexibility index (Phi) is 9.57. The lowest BCUT2D eigenvalue weighted by molar-refractivity contribution is -0.143. The predicted octanol–water partition coefficient (Wildman–Crippen LogP) is 5.40. The lowest BCUT2D eigenvalue weighted by Gasteiger charge is -2.22. The monoisotopic (exact) mass is 584 g/mol. The number of hydrogen-bond acceptors (Lipinski definition) is 5. The van der Waals surface area contributed by atoms with Gasteiger partial charge in [-0.25, -0.2) is 8.42 Å². The molecule has 3 rings (SSSR count). The Morgan fingerprint density at radius 1 is 1.03 bits per heavy atom. The highest BCUT2D eigenvalue weighted by molar-refractivity contribution is 14.1. The topological polar surface area (TPSA) is 75.7 Å². The molecule has 0 saturated carbocycles. The van der Waals surface area contributed by atoms with Gasteiger partial charge in [-0.2, -0.15) is 0 Å². The Hall–Kier alpha value is -1.65. The molecule has 0 saturated heterocycles. The van der Waals surface area contributed by atoms with Crippen molar-refractivity contribution in [3.8, 4) is 0 Å². The molecule has 2 aromatic rings. The van der Waals surface area contributed by atoms with Gasteiger partial charge in [0.1, 0.15) is 0 Å². The number of nitrogens with zero attached hydrogens (tertiary/aromatic N) is 1. The third-order valence-corrected chi connectivity index (χ3v) is 8.47. The average molecular weight is 585 g/mol. The van der Waals surface area contributed by atoms with Gasteiger partial charge in [0.2, 0.25) is 0 Å². The van der Waals surface area contributed by atoms with Crippen LogP contribution in [-0.2, 0) is 19.6 Å². The highest BCUT2D eigenvalue weighted by atomic mass is 127. The van der Waals surface area contributed by atoms with Crippen molar-refractivity contribution in [3.05, 3.63) is 57.2 Å². The van der Waals surface area contributed by atoms with Crippen LogP contribution >= 0.6 is 22.6 Å². The van der Waals surface area contributed by atoms with Crippen LogP contribution in [0.4, 0.5) is 5.69 Å². The van der Waals surface area contributed by atoms with E-state index in [2.05, 4.69) is 27.9 Å². The number of benzene rings is 2. The molecule has 1 unspecified atom stereocenters. The van der Waals surface area contributed by atoms with E-state index in [4.69, 9.17) is 4.74 Å². The fraction of sp³-hybridized carbons (Fsp3) is 0.480. The fourth-order valence-electron chi connectivity index (χ4n) is 4.23. The first kappa shape index (κ1) is 26.0. The Labute approximate surface area is 211 Å². The largest absolute Gasteiger partial charge is 0.466 e. The van der Waals surface area contributed by atoms with E-state index in [1.165, 1.54) is 4.31 Å². The van der Waals surface area contributed by atoms with Gasteiger partial charge in [0, 0.05) is 17.0 Å². The molecule has 0 aromatic heterocycles. The number of halogens is 1. The van der Waals surface area contributed by atoms with Crippen molar-refractivity contribution in [3.63, 3.8) is 0 Å². The van der Waals surface area contributed by atoms with E-state index >= 15 is 0 Å². The van der Waals surface area contributed by atoms with Gasteiger partial charge >= 0.3 is 5.97 Å². The van der Waals surface area contributed by atoms with Crippen LogP contribution in [0.1, 0.15) is 69.0 Å². The molecule has 1 heterocycles. The van der Waals surface area contributed by atoms with Crippen LogP contribution in [-0.4, -0.2) is 34.6 Å². The number of unbranched alkanes of at least 4 members (excludes halogenated alkanes) is 5. The van der Waals surface area contributed by atoms with Crippen LogP contribution in [0.15, 0.2) is 47.4 Å². The van der Waals surface area contributed by atoms with Gasteiger partial charge in [0.25, 0.3) is 10.0 Å². The molecule has 33 heavy (non-hydrogen) atoms. The maximum atomic E-state index is 13.3. The quantitative estimate of drug-likeness (QED) is 0.218. The number of esters is 1. The lowest BCUT2D eigenvalue weighted by atomic mass is 9.96. The summed E-state index contributed by atoms with van der Waals surface area (Å²) >= 11 is 2.16. The summed E-state index contributed by atoms with van der Waals surface area (Å²) in [6, 6.07) is 13.2. The Morgan fingerprint density at radius 2 is 1.73 bits per heavy atom. The molecule has 1 aliphatic heterocycles. The number of fused-ring (bicyclic) bond motifs is 2. The maximum Gasteiger partial charge on any atom is 0.305 e. The summed E-state index contributed by atoms with van der Waals surface area (Å²) in [6.07, 6.45) is 6.77. The minimum atomic E-state index is -3.63. The first-order chi connectivity index (χ1) is 15.9. The molecule has 1 atom stereocenters. The van der Waals surface area contributed by atoms with Gasteiger partial charge < -0.3 is 10.1 Å². The van der Waals surface area contributed by atoms with Crippen LogP contribution in [0, 0.1) is 3.57 Å². The molecule has 8 heteroatoms. The summed E-state index contributed by atoms with van der Waals surface area (Å²) in [7, 11) is -2.00. The minimum absolute atomic E-state index is 0.104. The maximum absolute atomic E-state index is 13.3. The zero-order valence-electron chi connectivity index (χ0n) is 19.3. The molecule has 0 aliphatic carbocycles. The van der Waals surface area contributed by atoms with E-state index in [-0.39, 0.29) is 12.0 Å². The Balaban J connectivity index is 1.60. The Bertz CT molecular complexity index is 1060. The summed E-state index contributed by atoms with van der Waals surface area (Å²) < 4.78 is 33.9. The number of carbonyl (C=O) groups is 1. The van der Waals surface area contributed by atoms with Crippen LogP contribution < -0.4 is 9.62 Å². The smallest absolute Gasteiger partial charge is 0.305 e. The number of anilines is 1. The van der Waals surface area contributed by atoms with Crippen molar-refractivity contribution in [1.82, 2.24) is 5.32 Å². The number of carbonyl (C=O) groups excluding carboxylic acids is 1. The van der Waals surface area contributed by atoms with Crippen LogP contribution in [0.5, 0.6) is 0 Å². The van der Waals surface area contributed by atoms with Crippen molar-refractivity contribution in [1.29, 1.82) is 0 Å². The molecule has 180 valence electrons. The van der Waals surface area contributed by atoms with Gasteiger partial charge in [-0.3, -0.25) is 9.10 Å². The zero-order valence-corrected chi connectivity index (χ0v) is 22.3. The standard InChI is InChI=1S/C25H33IN2O4S/c1-3-32-24(29)14-8-6-4-5-7-11-17-27-25-20-12-9-10-13-22(20)28(2)33(30,31)23-18-19(26)15-16-21(23)25/h9-10,12-13,15-16,18,25,27H,3-8,11,14,17H2,1-2H3. The molecule has 6 nitrogen and oxygen atoms in total. The van der Waals surface area contributed by atoms with Gasteiger partial charge in [0.05, 0.1) is 23.2 Å². The normalized spacial score (nSPS) is 16.6. The second kappa shape index (κ2) is 12.2. The summed E-state index contributed by atoms with van der Waals surface area (Å²) in [5.74, 6) is -0.104. The summed E-state index contributed by atoms with van der Waals surface area (Å²) in [4.78, 5) is 11.7. The van der Waals surface area contributed by atoms with Crippen molar-refractivity contribution < 1.29 is 17.9 Å². The molecule has 0 spiro atoms. The SMILES string of the molecule is CCOC(=O)CCCCCCCCNC1c2ccccc2N(C)S(=O)(=O)c2cc(I)ccc21. The highest BCUT2D eigenvalue weighted by Crippen LogP contribution is 2.40. The van der Waals surface area contributed by atoms with Crippen molar-refractivity contribution in [2.75, 3.05) is 24.5 Å². The van der Waals surface area contributed by atoms with E-state index < -0.39 is 10.0 Å². The number of nitrogens with one attached hydrogen (secondary N) is 1. The number of ether oxygens (including phenoxy) is 1. The molecule has 0 radical (unpaired) electrons. The summed E-state index contributed by atoms with van der Waals surface area (Å²) in [6.45, 7) is 3.08. The van der Waals surface area contributed by atoms with Gasteiger partial charge in [-0.1, -0.05) is 49.9 Å². The first-order valence-corrected chi connectivity index (χ1v) is 14.1. The number of rotatable bonds is 11. The van der Waals surface area contributed by atoms with Crippen molar-refractivity contribution in [2.45, 2.75) is 62.8 Å². The summed E-state index contributed by atoms with van der Waals surface area (Å²) in [5.41, 5.74) is 2.48. The molecule has 1 aliphatic rings. The molecule has 1 N–H and O–H groups in total. The van der Waals surface area contributed by atoms with E-state index in [1.807, 2.05) is 43.3 Å². The van der Waals surface area contributed by atoms with Gasteiger partial charge in [-0.05, 0) is 78.2 Å². The minimum Gasteiger partial charge on any atom is -0.466 e. The number of sulfonamides is 1. The van der Waals surface area contributed by atoms with E-state index in [0.717, 1.165) is 59.8 Å². The third kappa shape index (κ3) is 6.48. The van der Waals surface area contributed by atoms with E-state index in [0.29, 0.717) is 23.6 Å². The summed E-state index contributed by atoms with van der Waals surface area (Å²) in [5, 5.41) is 3.63. The van der Waals surface area contributed by atoms with E-state index in [1.54, 1.807) is 13.1 Å². The van der Waals surface area contributed by atoms with Crippen LogP contribution in [0.2, 0.25) is 0 Å². The Morgan fingerprint density at radius 3 is 2.48 bits per heavy atom. The molecule has 0 bridgehead atoms. The zero-order chi connectivity index (χ0) is 23.8. The highest BCUT2D eigenvalue weighted by Gasteiger charge is 2.34. The lowest BCUT2D eigenvalue weighted by Crippen LogP contribution is -2.26. The third-order valence-electron chi connectivity index (χ3n) is 5.97. The van der Waals surface area contributed by atoms with Crippen molar-refractivity contribution in [2.24, 2.45) is 0 Å². The molecule has 2 aromatic carbocycles.